The molecule has 1 aromatic rings. The van der Waals surface area contributed by atoms with Crippen molar-refractivity contribution in [1.29, 1.82) is 0 Å². The molecule has 0 radical (unpaired) electrons. The van der Waals surface area contributed by atoms with Gasteiger partial charge >= 0.3 is 6.18 Å². The van der Waals surface area contributed by atoms with Crippen molar-refractivity contribution in [3.8, 4) is 5.75 Å². The van der Waals surface area contributed by atoms with E-state index in [4.69, 9.17) is 4.74 Å². The van der Waals surface area contributed by atoms with Gasteiger partial charge in [0.25, 0.3) is 0 Å². The largest absolute Gasteiger partial charge is 0.494 e. The van der Waals surface area contributed by atoms with Crippen LogP contribution in [0, 0.1) is 0 Å². The smallest absolute Gasteiger partial charge is 0.416 e. The zero-order chi connectivity index (χ0) is 13.1. The Kier molecular flexibility index (Phi) is 4.21. The van der Waals surface area contributed by atoms with Crippen molar-refractivity contribution in [1.82, 2.24) is 0 Å². The average Bonchev–Trinajstić information content (AvgIpc) is 2.27. The topological polar surface area (TPSA) is 9.23 Å². The molecule has 94 valence electrons. The first kappa shape index (κ1) is 13.6. The van der Waals surface area contributed by atoms with Crippen molar-refractivity contribution in [2.45, 2.75) is 25.9 Å². The molecule has 0 N–H and O–H groups in total. The van der Waals surface area contributed by atoms with Crippen LogP contribution in [0.25, 0.3) is 0 Å². The van der Waals surface area contributed by atoms with E-state index in [1.807, 2.05) is 0 Å². The number of benzene rings is 1. The van der Waals surface area contributed by atoms with Crippen LogP contribution in [0.5, 0.6) is 5.75 Å². The lowest BCUT2D eigenvalue weighted by atomic mass is 9.98. The zero-order valence-electron chi connectivity index (χ0n) is 9.84. The summed E-state index contributed by atoms with van der Waals surface area (Å²) in [5, 5.41) is 0. The highest BCUT2D eigenvalue weighted by molar-refractivity contribution is 5.42. The monoisotopic (exact) mass is 244 g/mol. The molecule has 4 heteroatoms. The normalized spacial score (nSPS) is 13.2. The summed E-state index contributed by atoms with van der Waals surface area (Å²) in [6, 6.07) is 3.52. The van der Waals surface area contributed by atoms with Gasteiger partial charge in [0.05, 0.1) is 12.2 Å². The zero-order valence-corrected chi connectivity index (χ0v) is 9.84. The molecule has 1 unspecified atom stereocenters. The van der Waals surface area contributed by atoms with Crippen LogP contribution in [0.1, 0.15) is 30.9 Å². The number of allylic oxidation sites excluding steroid dienone is 1. The number of halogens is 3. The first-order valence-electron chi connectivity index (χ1n) is 5.36. The predicted octanol–water partition coefficient (Wildman–Crippen LogP) is 4.39. The van der Waals surface area contributed by atoms with Gasteiger partial charge in [-0.2, -0.15) is 13.2 Å². The standard InChI is InChI=1S/C13H15F3O/c1-4-9(3)11-8-10(13(14,15)16)6-7-12(11)17-5-2/h4,6-9H,1,5H2,2-3H3. The van der Waals surface area contributed by atoms with E-state index in [0.717, 1.165) is 12.1 Å². The lowest BCUT2D eigenvalue weighted by molar-refractivity contribution is -0.137. The van der Waals surface area contributed by atoms with Crippen molar-refractivity contribution in [3.63, 3.8) is 0 Å². The predicted molar refractivity (Wildman–Crippen MR) is 61.2 cm³/mol. The average molecular weight is 244 g/mol. The molecule has 0 aromatic heterocycles. The minimum absolute atomic E-state index is 0.182. The van der Waals surface area contributed by atoms with Gasteiger partial charge in [-0.05, 0) is 25.1 Å². The van der Waals surface area contributed by atoms with Crippen LogP contribution in [-0.4, -0.2) is 6.61 Å². The number of rotatable bonds is 4. The minimum atomic E-state index is -4.33. The van der Waals surface area contributed by atoms with Crippen molar-refractivity contribution in [2.75, 3.05) is 6.61 Å². The molecule has 0 saturated carbocycles. The number of hydrogen-bond acceptors (Lipinski definition) is 1. The van der Waals surface area contributed by atoms with Crippen LogP contribution in [-0.2, 0) is 6.18 Å². The fourth-order valence-corrected chi connectivity index (χ4v) is 1.49. The summed E-state index contributed by atoms with van der Waals surface area (Å²) in [7, 11) is 0. The van der Waals surface area contributed by atoms with E-state index in [1.165, 1.54) is 6.07 Å². The van der Waals surface area contributed by atoms with Gasteiger partial charge in [0.1, 0.15) is 5.75 Å². The molecular formula is C13H15F3O. The SMILES string of the molecule is C=CC(C)c1cc(C(F)(F)F)ccc1OCC. The van der Waals surface area contributed by atoms with Crippen molar-refractivity contribution < 1.29 is 17.9 Å². The quantitative estimate of drug-likeness (QED) is 0.713. The van der Waals surface area contributed by atoms with Gasteiger partial charge in [-0.3, -0.25) is 0 Å². The van der Waals surface area contributed by atoms with E-state index in [1.54, 1.807) is 19.9 Å². The van der Waals surface area contributed by atoms with Gasteiger partial charge in [-0.15, -0.1) is 6.58 Å². The molecule has 0 aliphatic heterocycles. The van der Waals surface area contributed by atoms with E-state index >= 15 is 0 Å². The molecule has 0 aliphatic carbocycles. The maximum Gasteiger partial charge on any atom is 0.416 e. The number of ether oxygens (including phenoxy) is 1. The van der Waals surface area contributed by atoms with E-state index < -0.39 is 11.7 Å². The fraction of sp³-hybridized carbons (Fsp3) is 0.385. The van der Waals surface area contributed by atoms with Crippen LogP contribution in [0.15, 0.2) is 30.9 Å². The molecule has 0 amide bonds. The molecule has 0 heterocycles. The van der Waals surface area contributed by atoms with Gasteiger partial charge in [-0.1, -0.05) is 13.0 Å². The summed E-state index contributed by atoms with van der Waals surface area (Å²) >= 11 is 0. The summed E-state index contributed by atoms with van der Waals surface area (Å²) in [6.45, 7) is 7.59. The highest BCUT2D eigenvalue weighted by Crippen LogP contribution is 2.35. The Bertz CT molecular complexity index is 396. The van der Waals surface area contributed by atoms with Crippen molar-refractivity contribution in [3.05, 3.63) is 42.0 Å². The van der Waals surface area contributed by atoms with E-state index in [2.05, 4.69) is 6.58 Å². The molecule has 17 heavy (non-hydrogen) atoms. The summed E-state index contributed by atoms with van der Waals surface area (Å²) < 4.78 is 43.1. The molecule has 0 saturated heterocycles. The fourth-order valence-electron chi connectivity index (χ4n) is 1.49. The second kappa shape index (κ2) is 5.25. The molecule has 1 rings (SSSR count). The second-order valence-electron chi connectivity index (χ2n) is 3.71. The lowest BCUT2D eigenvalue weighted by Crippen LogP contribution is -2.07. The maximum atomic E-state index is 12.6. The van der Waals surface area contributed by atoms with E-state index in [9.17, 15) is 13.2 Å². The Morgan fingerprint density at radius 3 is 2.53 bits per heavy atom. The third kappa shape index (κ3) is 3.25. The lowest BCUT2D eigenvalue weighted by Gasteiger charge is -2.16. The molecular weight excluding hydrogens is 229 g/mol. The summed E-state index contributed by atoms with van der Waals surface area (Å²) in [6.07, 6.45) is -2.74. The second-order valence-corrected chi connectivity index (χ2v) is 3.71. The maximum absolute atomic E-state index is 12.6. The molecule has 1 atom stereocenters. The molecule has 1 nitrogen and oxygen atoms in total. The van der Waals surface area contributed by atoms with Gasteiger partial charge in [-0.25, -0.2) is 0 Å². The highest BCUT2D eigenvalue weighted by Gasteiger charge is 2.31. The molecule has 0 fully saturated rings. The Balaban J connectivity index is 3.23. The van der Waals surface area contributed by atoms with Crippen LogP contribution in [0.3, 0.4) is 0 Å². The van der Waals surface area contributed by atoms with Gasteiger partial charge < -0.3 is 4.74 Å². The van der Waals surface area contributed by atoms with Crippen molar-refractivity contribution in [2.24, 2.45) is 0 Å². The van der Waals surface area contributed by atoms with Gasteiger partial charge in [0, 0.05) is 11.5 Å². The third-order valence-electron chi connectivity index (χ3n) is 2.48. The Labute approximate surface area is 98.9 Å². The summed E-state index contributed by atoms with van der Waals surface area (Å²) in [5.41, 5.74) is -0.152. The van der Waals surface area contributed by atoms with Crippen molar-refractivity contribution >= 4 is 0 Å². The summed E-state index contributed by atoms with van der Waals surface area (Å²) in [5.74, 6) is 0.298. The molecule has 1 aromatic carbocycles. The van der Waals surface area contributed by atoms with E-state index in [-0.39, 0.29) is 5.92 Å². The van der Waals surface area contributed by atoms with Gasteiger partial charge in [0.15, 0.2) is 0 Å². The van der Waals surface area contributed by atoms with Crippen LogP contribution in [0.4, 0.5) is 13.2 Å². The third-order valence-corrected chi connectivity index (χ3v) is 2.48. The minimum Gasteiger partial charge on any atom is -0.494 e. The Hall–Kier alpha value is -1.45. The van der Waals surface area contributed by atoms with Crippen LogP contribution >= 0.6 is 0 Å². The first-order valence-corrected chi connectivity index (χ1v) is 5.36. The van der Waals surface area contributed by atoms with Crippen LogP contribution < -0.4 is 4.74 Å². The molecule has 0 bridgehead atoms. The highest BCUT2D eigenvalue weighted by atomic mass is 19.4. The summed E-state index contributed by atoms with van der Waals surface area (Å²) in [4.78, 5) is 0. The Morgan fingerprint density at radius 1 is 1.41 bits per heavy atom. The number of hydrogen-bond donors (Lipinski definition) is 0. The molecule has 0 aliphatic rings. The first-order chi connectivity index (χ1) is 7.90. The number of alkyl halides is 3. The Morgan fingerprint density at radius 2 is 2.06 bits per heavy atom. The van der Waals surface area contributed by atoms with Gasteiger partial charge in [0.2, 0.25) is 0 Å². The van der Waals surface area contributed by atoms with E-state index in [0.29, 0.717) is 17.9 Å². The molecule has 0 spiro atoms. The van der Waals surface area contributed by atoms with Crippen LogP contribution in [0.2, 0.25) is 0 Å².